The smallest absolute Gasteiger partial charge is 0.271 e. The molecule has 33 heavy (non-hydrogen) atoms. The van der Waals surface area contributed by atoms with E-state index in [1.165, 1.54) is 4.90 Å². The van der Waals surface area contributed by atoms with E-state index in [2.05, 4.69) is 26.3 Å². The van der Waals surface area contributed by atoms with Crippen molar-refractivity contribution in [3.63, 3.8) is 0 Å². The molecular weight excluding hydrogens is 420 g/mol. The summed E-state index contributed by atoms with van der Waals surface area (Å²) in [5.74, 6) is 0.776. The van der Waals surface area contributed by atoms with Crippen molar-refractivity contribution in [2.24, 2.45) is 0 Å². The molecule has 0 unspecified atom stereocenters. The van der Waals surface area contributed by atoms with Crippen LogP contribution < -0.4 is 10.1 Å². The number of benzene rings is 1. The fraction of sp³-hybridized carbons (Fsp3) is 0.292. The molecule has 9 nitrogen and oxygen atoms in total. The summed E-state index contributed by atoms with van der Waals surface area (Å²) in [6.07, 6.45) is 4.88. The first-order valence-corrected chi connectivity index (χ1v) is 10.6. The van der Waals surface area contributed by atoms with Crippen LogP contribution in [0.15, 0.2) is 48.8 Å². The highest BCUT2D eigenvalue weighted by molar-refractivity contribution is 5.92. The van der Waals surface area contributed by atoms with Crippen LogP contribution >= 0.6 is 0 Å². The summed E-state index contributed by atoms with van der Waals surface area (Å²) in [7, 11) is 3.35. The average Bonchev–Trinajstić information content (AvgIpc) is 2.85. The maximum absolute atomic E-state index is 12.0. The van der Waals surface area contributed by atoms with Crippen molar-refractivity contribution in [2.45, 2.75) is 18.9 Å². The van der Waals surface area contributed by atoms with Gasteiger partial charge in [-0.05, 0) is 36.4 Å². The van der Waals surface area contributed by atoms with Gasteiger partial charge in [0.25, 0.3) is 5.91 Å². The molecule has 0 radical (unpaired) electrons. The summed E-state index contributed by atoms with van der Waals surface area (Å²) in [5, 5.41) is 12.7. The Morgan fingerprint density at radius 2 is 2.00 bits per heavy atom. The molecule has 4 rings (SSSR count). The van der Waals surface area contributed by atoms with Gasteiger partial charge in [0.05, 0.1) is 36.4 Å². The van der Waals surface area contributed by atoms with Crippen molar-refractivity contribution < 1.29 is 14.3 Å². The molecule has 9 heteroatoms. The van der Waals surface area contributed by atoms with Gasteiger partial charge in [-0.3, -0.25) is 4.79 Å². The lowest BCUT2D eigenvalue weighted by Crippen LogP contribution is -2.26. The van der Waals surface area contributed by atoms with Crippen molar-refractivity contribution in [3.8, 4) is 23.1 Å². The number of aromatic nitrogens is 3. The minimum absolute atomic E-state index is 0.0552. The summed E-state index contributed by atoms with van der Waals surface area (Å²) in [6, 6.07) is 12.8. The van der Waals surface area contributed by atoms with Gasteiger partial charge < -0.3 is 19.7 Å². The number of rotatable bonds is 6. The second kappa shape index (κ2) is 10.1. The molecule has 1 aliphatic rings. The molecule has 3 heterocycles. The van der Waals surface area contributed by atoms with E-state index in [-0.39, 0.29) is 12.0 Å². The van der Waals surface area contributed by atoms with Gasteiger partial charge in [0, 0.05) is 38.7 Å². The predicted molar refractivity (Wildman–Crippen MR) is 122 cm³/mol. The van der Waals surface area contributed by atoms with Gasteiger partial charge in [-0.2, -0.15) is 5.26 Å². The highest BCUT2D eigenvalue weighted by atomic mass is 16.5. The van der Waals surface area contributed by atoms with E-state index in [0.717, 1.165) is 18.4 Å². The highest BCUT2D eigenvalue weighted by Crippen LogP contribution is 2.28. The third-order valence-electron chi connectivity index (χ3n) is 5.16. The van der Waals surface area contributed by atoms with Gasteiger partial charge in [0.15, 0.2) is 0 Å². The number of hydrogen-bond acceptors (Lipinski definition) is 8. The first kappa shape index (κ1) is 22.2. The fourth-order valence-corrected chi connectivity index (χ4v) is 3.39. The van der Waals surface area contributed by atoms with Crippen molar-refractivity contribution >= 4 is 17.5 Å². The maximum atomic E-state index is 12.0. The SMILES string of the molecule is CN(C)C(=O)c1ccc(Nc2nccc(-c3ccc(OC4CCOCC4)c(C#N)c3)n2)cn1. The molecule has 0 aliphatic carbocycles. The van der Waals surface area contributed by atoms with Crippen LogP contribution in [0.3, 0.4) is 0 Å². The lowest BCUT2D eigenvalue weighted by Gasteiger charge is -2.23. The summed E-state index contributed by atoms with van der Waals surface area (Å²) in [5.41, 5.74) is 2.90. The van der Waals surface area contributed by atoms with Crippen LogP contribution in [0.25, 0.3) is 11.3 Å². The van der Waals surface area contributed by atoms with Crippen LogP contribution in [0.4, 0.5) is 11.6 Å². The molecule has 0 atom stereocenters. The van der Waals surface area contributed by atoms with Crippen LogP contribution in [-0.2, 0) is 4.74 Å². The lowest BCUT2D eigenvalue weighted by atomic mass is 10.1. The number of pyridine rings is 1. The predicted octanol–water partition coefficient (Wildman–Crippen LogP) is 3.41. The van der Waals surface area contributed by atoms with Crippen molar-refractivity contribution in [2.75, 3.05) is 32.6 Å². The Morgan fingerprint density at radius 1 is 1.18 bits per heavy atom. The molecule has 0 bridgehead atoms. The van der Waals surface area contributed by atoms with E-state index < -0.39 is 0 Å². The number of nitrogens with zero attached hydrogens (tertiary/aromatic N) is 5. The third-order valence-corrected chi connectivity index (χ3v) is 5.16. The number of carbonyl (C=O) groups excluding carboxylic acids is 1. The number of hydrogen-bond donors (Lipinski definition) is 1. The largest absolute Gasteiger partial charge is 0.489 e. The highest BCUT2D eigenvalue weighted by Gasteiger charge is 2.17. The van der Waals surface area contributed by atoms with Crippen molar-refractivity contribution in [1.29, 1.82) is 5.26 Å². The van der Waals surface area contributed by atoms with Crippen LogP contribution in [0.1, 0.15) is 28.9 Å². The Balaban J connectivity index is 1.50. The number of nitriles is 1. The Bertz CT molecular complexity index is 1170. The number of anilines is 2. The average molecular weight is 444 g/mol. The fourth-order valence-electron chi connectivity index (χ4n) is 3.39. The summed E-state index contributed by atoms with van der Waals surface area (Å²) < 4.78 is 11.4. The normalized spacial score (nSPS) is 13.7. The molecule has 1 aliphatic heterocycles. The minimum atomic E-state index is -0.169. The number of nitrogens with one attached hydrogen (secondary N) is 1. The number of carbonyl (C=O) groups is 1. The van der Waals surface area contributed by atoms with Gasteiger partial charge in [-0.15, -0.1) is 0 Å². The maximum Gasteiger partial charge on any atom is 0.271 e. The van der Waals surface area contributed by atoms with Gasteiger partial charge in [0.2, 0.25) is 5.95 Å². The number of amides is 1. The second-order valence-corrected chi connectivity index (χ2v) is 7.77. The zero-order valence-corrected chi connectivity index (χ0v) is 18.5. The number of ether oxygens (including phenoxy) is 2. The van der Waals surface area contributed by atoms with Crippen molar-refractivity contribution in [3.05, 3.63) is 60.0 Å². The summed E-state index contributed by atoms with van der Waals surface area (Å²) in [6.45, 7) is 1.34. The van der Waals surface area contributed by atoms with Crippen LogP contribution in [0.5, 0.6) is 5.75 Å². The molecular formula is C24H24N6O3. The lowest BCUT2D eigenvalue weighted by molar-refractivity contribution is 0.0254. The van der Waals surface area contributed by atoms with Crippen LogP contribution in [0.2, 0.25) is 0 Å². The first-order valence-electron chi connectivity index (χ1n) is 10.6. The van der Waals surface area contributed by atoms with E-state index in [4.69, 9.17) is 9.47 Å². The molecule has 0 spiro atoms. The Hall–Kier alpha value is -4.03. The molecule has 2 aromatic heterocycles. The zero-order chi connectivity index (χ0) is 23.2. The topological polar surface area (TPSA) is 113 Å². The molecule has 3 aromatic rings. The Morgan fingerprint density at radius 3 is 2.70 bits per heavy atom. The van der Waals surface area contributed by atoms with E-state index in [1.807, 2.05) is 12.1 Å². The van der Waals surface area contributed by atoms with E-state index in [9.17, 15) is 10.1 Å². The molecule has 1 fully saturated rings. The Kier molecular flexibility index (Phi) is 6.76. The summed E-state index contributed by atoms with van der Waals surface area (Å²) in [4.78, 5) is 26.5. The summed E-state index contributed by atoms with van der Waals surface area (Å²) >= 11 is 0. The van der Waals surface area contributed by atoms with Gasteiger partial charge in [-0.25, -0.2) is 15.0 Å². The Labute approximate surface area is 192 Å². The quantitative estimate of drug-likeness (QED) is 0.615. The van der Waals surface area contributed by atoms with E-state index in [0.29, 0.717) is 47.6 Å². The standard InChI is InChI=1S/C24H24N6O3/c1-30(2)23(31)21-5-4-18(15-27-21)28-24-26-10-7-20(29-24)16-3-6-22(17(13-16)14-25)33-19-8-11-32-12-9-19/h3-7,10,13,15,19H,8-9,11-12H2,1-2H3,(H,26,28,29). The van der Waals surface area contributed by atoms with Crippen LogP contribution in [-0.4, -0.2) is 59.2 Å². The van der Waals surface area contributed by atoms with Gasteiger partial charge in [-0.1, -0.05) is 0 Å². The monoisotopic (exact) mass is 444 g/mol. The molecule has 1 aromatic carbocycles. The van der Waals surface area contributed by atoms with E-state index in [1.54, 1.807) is 50.8 Å². The third kappa shape index (κ3) is 5.42. The van der Waals surface area contributed by atoms with Gasteiger partial charge >= 0.3 is 0 Å². The molecule has 1 N–H and O–H groups in total. The van der Waals surface area contributed by atoms with Crippen LogP contribution in [0, 0.1) is 11.3 Å². The molecule has 1 amide bonds. The molecule has 0 saturated carbocycles. The van der Waals surface area contributed by atoms with E-state index >= 15 is 0 Å². The first-order chi connectivity index (χ1) is 16.0. The molecule has 168 valence electrons. The zero-order valence-electron chi connectivity index (χ0n) is 18.5. The van der Waals surface area contributed by atoms with Crippen molar-refractivity contribution in [1.82, 2.24) is 19.9 Å². The molecule has 1 saturated heterocycles. The minimum Gasteiger partial charge on any atom is -0.489 e. The second-order valence-electron chi connectivity index (χ2n) is 7.77. The van der Waals surface area contributed by atoms with Gasteiger partial charge in [0.1, 0.15) is 23.6 Å².